The summed E-state index contributed by atoms with van der Waals surface area (Å²) in [6.45, 7) is 2.50. The predicted octanol–water partition coefficient (Wildman–Crippen LogP) is 2.62. The van der Waals surface area contributed by atoms with Crippen LogP contribution in [0.1, 0.15) is 24.6 Å². The van der Waals surface area contributed by atoms with E-state index < -0.39 is 5.56 Å². The van der Waals surface area contributed by atoms with Crippen LogP contribution in [0, 0.1) is 0 Å². The molecule has 2 N–H and O–H groups in total. The molecule has 0 unspecified atom stereocenters. The minimum absolute atomic E-state index is 0.0979. The largest absolute Gasteiger partial charge is 0.494 e. The predicted molar refractivity (Wildman–Crippen MR) is 92.5 cm³/mol. The van der Waals surface area contributed by atoms with Crippen molar-refractivity contribution in [3.8, 4) is 5.75 Å². The van der Waals surface area contributed by atoms with Crippen LogP contribution in [0.4, 0.5) is 11.4 Å². The highest BCUT2D eigenvalue weighted by atomic mass is 16.5. The Morgan fingerprint density at radius 1 is 1.16 bits per heavy atom. The van der Waals surface area contributed by atoms with Gasteiger partial charge < -0.3 is 9.72 Å². The molecule has 1 aromatic carbocycles. The van der Waals surface area contributed by atoms with Crippen molar-refractivity contribution >= 4 is 17.0 Å². The van der Waals surface area contributed by atoms with Crippen LogP contribution in [0.5, 0.6) is 5.75 Å². The van der Waals surface area contributed by atoms with Gasteiger partial charge >= 0.3 is 0 Å². The number of aromatic amines is 2. The zero-order chi connectivity index (χ0) is 17.4. The van der Waals surface area contributed by atoms with E-state index in [4.69, 9.17) is 4.74 Å². The minimum Gasteiger partial charge on any atom is -0.494 e. The Balaban J connectivity index is 1.74. The standard InChI is InChI=1S/C17H17N5O3/c1-2-25-11-8-6-10(7-9-11)19-20-14-15-18-13-5-3-4-12(13)17(24)22(15)21-16(14)23/h6-9,18H,2-5H2,1H3,(H,21,23). The van der Waals surface area contributed by atoms with E-state index in [1.165, 1.54) is 4.52 Å². The summed E-state index contributed by atoms with van der Waals surface area (Å²) in [4.78, 5) is 27.8. The summed E-state index contributed by atoms with van der Waals surface area (Å²) in [6.07, 6.45) is 2.46. The van der Waals surface area contributed by atoms with E-state index in [1.54, 1.807) is 24.3 Å². The molecule has 2 heterocycles. The fraction of sp³-hybridized carbons (Fsp3) is 0.294. The first kappa shape index (κ1) is 15.4. The van der Waals surface area contributed by atoms with Gasteiger partial charge in [-0.15, -0.1) is 5.11 Å². The van der Waals surface area contributed by atoms with E-state index in [-0.39, 0.29) is 11.2 Å². The van der Waals surface area contributed by atoms with Gasteiger partial charge in [-0.3, -0.25) is 14.7 Å². The fourth-order valence-corrected chi connectivity index (χ4v) is 3.06. The van der Waals surface area contributed by atoms with Crippen LogP contribution in [0.25, 0.3) is 5.65 Å². The Hall–Kier alpha value is -3.16. The number of azo groups is 1. The van der Waals surface area contributed by atoms with Gasteiger partial charge in [-0.2, -0.15) is 9.63 Å². The van der Waals surface area contributed by atoms with Crippen LogP contribution in [0.2, 0.25) is 0 Å². The topological polar surface area (TPSA) is 104 Å². The third-order valence-corrected chi connectivity index (χ3v) is 4.24. The van der Waals surface area contributed by atoms with Crippen LogP contribution >= 0.6 is 0 Å². The number of H-pyrrole nitrogens is 2. The van der Waals surface area contributed by atoms with Gasteiger partial charge in [-0.25, -0.2) is 0 Å². The normalized spacial score (nSPS) is 13.6. The van der Waals surface area contributed by atoms with Gasteiger partial charge in [0, 0.05) is 11.3 Å². The van der Waals surface area contributed by atoms with E-state index in [1.807, 2.05) is 6.92 Å². The molecule has 8 nitrogen and oxygen atoms in total. The Labute approximate surface area is 142 Å². The van der Waals surface area contributed by atoms with Crippen molar-refractivity contribution in [2.75, 3.05) is 6.61 Å². The van der Waals surface area contributed by atoms with Crippen molar-refractivity contribution in [2.24, 2.45) is 10.2 Å². The molecule has 0 aliphatic heterocycles. The Bertz CT molecular complexity index is 1070. The molecular weight excluding hydrogens is 322 g/mol. The first-order valence-corrected chi connectivity index (χ1v) is 8.20. The third-order valence-electron chi connectivity index (χ3n) is 4.24. The van der Waals surface area contributed by atoms with E-state index in [2.05, 4.69) is 20.3 Å². The van der Waals surface area contributed by atoms with Gasteiger partial charge in [0.25, 0.3) is 11.1 Å². The number of hydrogen-bond donors (Lipinski definition) is 2. The van der Waals surface area contributed by atoms with E-state index >= 15 is 0 Å². The third kappa shape index (κ3) is 2.65. The number of benzene rings is 1. The molecule has 128 valence electrons. The Kier molecular flexibility index (Phi) is 3.72. The highest BCUT2D eigenvalue weighted by Crippen LogP contribution is 2.23. The van der Waals surface area contributed by atoms with Crippen molar-refractivity contribution in [2.45, 2.75) is 26.2 Å². The van der Waals surface area contributed by atoms with E-state index in [0.29, 0.717) is 17.9 Å². The molecule has 0 spiro atoms. The van der Waals surface area contributed by atoms with Crippen molar-refractivity contribution in [1.82, 2.24) is 14.6 Å². The lowest BCUT2D eigenvalue weighted by molar-refractivity contribution is 0.340. The first-order chi connectivity index (χ1) is 12.2. The number of hydrogen-bond acceptors (Lipinski definition) is 5. The second-order valence-corrected chi connectivity index (χ2v) is 5.84. The van der Waals surface area contributed by atoms with Gasteiger partial charge in [0.15, 0.2) is 11.3 Å². The number of nitrogens with zero attached hydrogens (tertiary/aromatic N) is 3. The quantitative estimate of drug-likeness (QED) is 0.714. The molecule has 0 atom stereocenters. The molecule has 0 amide bonds. The number of ether oxygens (including phenoxy) is 1. The monoisotopic (exact) mass is 339 g/mol. The van der Waals surface area contributed by atoms with Crippen molar-refractivity contribution in [1.29, 1.82) is 0 Å². The molecular formula is C17H17N5O3. The number of rotatable bonds is 4. The smallest absolute Gasteiger partial charge is 0.294 e. The lowest BCUT2D eigenvalue weighted by Crippen LogP contribution is -2.21. The molecule has 0 bridgehead atoms. The second kappa shape index (κ2) is 6.04. The highest BCUT2D eigenvalue weighted by Gasteiger charge is 2.20. The number of nitrogens with one attached hydrogen (secondary N) is 2. The van der Waals surface area contributed by atoms with Crippen LogP contribution in [-0.4, -0.2) is 21.2 Å². The second-order valence-electron chi connectivity index (χ2n) is 5.84. The average Bonchev–Trinajstić information content (AvgIpc) is 3.20. The Morgan fingerprint density at radius 3 is 2.72 bits per heavy atom. The number of fused-ring (bicyclic) bond motifs is 2. The molecule has 0 fully saturated rings. The summed E-state index contributed by atoms with van der Waals surface area (Å²) in [6, 6.07) is 7.08. The SMILES string of the molecule is CCOc1ccc(N=Nc2c(=O)[nH]n3c(=O)c4c([nH]c23)CCC4)cc1. The molecule has 8 heteroatoms. The lowest BCUT2D eigenvalue weighted by atomic mass is 10.2. The van der Waals surface area contributed by atoms with Crippen LogP contribution in [-0.2, 0) is 12.8 Å². The van der Waals surface area contributed by atoms with Crippen molar-refractivity contribution in [3.63, 3.8) is 0 Å². The molecule has 4 rings (SSSR count). The maximum absolute atomic E-state index is 12.4. The maximum atomic E-state index is 12.4. The van der Waals surface area contributed by atoms with E-state index in [9.17, 15) is 9.59 Å². The summed E-state index contributed by atoms with van der Waals surface area (Å²) in [5.74, 6) is 0.744. The maximum Gasteiger partial charge on any atom is 0.294 e. The minimum atomic E-state index is -0.452. The summed E-state index contributed by atoms with van der Waals surface area (Å²) in [5.41, 5.74) is 2.00. The zero-order valence-corrected chi connectivity index (χ0v) is 13.7. The molecule has 1 aliphatic carbocycles. The van der Waals surface area contributed by atoms with Crippen molar-refractivity contribution < 1.29 is 4.74 Å². The van der Waals surface area contributed by atoms with Crippen LogP contribution < -0.4 is 15.9 Å². The van der Waals surface area contributed by atoms with E-state index in [0.717, 1.165) is 36.3 Å². The fourth-order valence-electron chi connectivity index (χ4n) is 3.06. The van der Waals surface area contributed by atoms with Gasteiger partial charge in [0.1, 0.15) is 5.75 Å². The Morgan fingerprint density at radius 2 is 1.96 bits per heavy atom. The van der Waals surface area contributed by atoms with Crippen LogP contribution in [0.15, 0.2) is 44.1 Å². The molecule has 3 aromatic rings. The average molecular weight is 339 g/mol. The molecule has 2 aromatic heterocycles. The summed E-state index contributed by atoms with van der Waals surface area (Å²) >= 11 is 0. The highest BCUT2D eigenvalue weighted by molar-refractivity contribution is 5.63. The number of aryl methyl sites for hydroxylation is 1. The summed E-state index contributed by atoms with van der Waals surface area (Å²) in [5, 5.41) is 10.7. The van der Waals surface area contributed by atoms with Gasteiger partial charge in [-0.05, 0) is 50.5 Å². The van der Waals surface area contributed by atoms with Gasteiger partial charge in [-0.1, -0.05) is 0 Å². The van der Waals surface area contributed by atoms with Gasteiger partial charge in [0.2, 0.25) is 0 Å². The molecule has 25 heavy (non-hydrogen) atoms. The zero-order valence-electron chi connectivity index (χ0n) is 13.7. The van der Waals surface area contributed by atoms with Gasteiger partial charge in [0.05, 0.1) is 12.3 Å². The van der Waals surface area contributed by atoms with Crippen LogP contribution in [0.3, 0.4) is 0 Å². The molecule has 0 radical (unpaired) electrons. The first-order valence-electron chi connectivity index (χ1n) is 8.20. The molecule has 0 saturated carbocycles. The molecule has 0 saturated heterocycles. The summed E-state index contributed by atoms with van der Waals surface area (Å²) < 4.78 is 6.59. The lowest BCUT2D eigenvalue weighted by Gasteiger charge is -2.02. The van der Waals surface area contributed by atoms with Crippen molar-refractivity contribution in [3.05, 3.63) is 56.2 Å². The molecule has 1 aliphatic rings. The summed E-state index contributed by atoms with van der Waals surface area (Å²) in [7, 11) is 0. The number of aromatic nitrogens is 3.